The molecule has 6 aliphatic heterocycles. The molecule has 119 heavy (non-hydrogen) atoms. The molecule has 21 N–H and O–H groups in total. The zero-order chi connectivity index (χ0) is 85.3. The van der Waals surface area contributed by atoms with Crippen LogP contribution < -0.4 is 82.6 Å². The van der Waals surface area contributed by atoms with E-state index in [9.17, 15) is 63.7 Å². The molecule has 6 aromatic carbocycles. The molecule has 0 radical (unpaired) electrons. The van der Waals surface area contributed by atoms with E-state index >= 15 is 28.8 Å². The number of nitrogens with two attached hydrogens (primary N) is 1. The Morgan fingerprint density at radius 3 is 1.87 bits per heavy atom. The number of aromatic hydroxyl groups is 3. The Hall–Kier alpha value is -10.7. The first-order valence-electron chi connectivity index (χ1n) is 38.6. The normalized spacial score (nSPS) is 27.5. The van der Waals surface area contributed by atoms with Gasteiger partial charge in [0.25, 0.3) is 0 Å². The van der Waals surface area contributed by atoms with E-state index in [1.807, 2.05) is 13.8 Å². The monoisotopic (exact) mass is 1710 g/mol. The van der Waals surface area contributed by atoms with Gasteiger partial charge in [-0.25, -0.2) is 17.9 Å². The van der Waals surface area contributed by atoms with Gasteiger partial charge in [0.1, 0.15) is 107 Å². The van der Waals surface area contributed by atoms with Crippen LogP contribution in [0, 0.1) is 29.6 Å². The minimum Gasteiger partial charge on any atom is -0.508 e. The fourth-order valence-corrected chi connectivity index (χ4v) is 17.6. The number of aliphatic hydroxyl groups excluding tert-OH is 5. The summed E-state index contributed by atoms with van der Waals surface area (Å²) in [5.74, 6) is -13.4. The van der Waals surface area contributed by atoms with E-state index in [1.165, 1.54) is 55.6 Å². The van der Waals surface area contributed by atoms with Crippen molar-refractivity contribution in [3.05, 3.63) is 141 Å². The molecule has 16 rings (SSSR count). The van der Waals surface area contributed by atoms with Crippen molar-refractivity contribution >= 4 is 92.2 Å². The van der Waals surface area contributed by atoms with Crippen LogP contribution in [0.1, 0.15) is 123 Å². The Morgan fingerprint density at radius 1 is 0.647 bits per heavy atom. The van der Waals surface area contributed by atoms with Crippen LogP contribution in [-0.4, -0.2) is 196 Å². The zero-order valence-electron chi connectivity index (χ0n) is 64.5. The number of carbonyl (C=O) groups excluding carboxylic acids is 9. The quantitative estimate of drug-likeness (QED) is 0.0518. The maximum atomic E-state index is 16.4. The number of sulfonamides is 1. The second-order valence-electron chi connectivity index (χ2n) is 31.3. The molecular formula is C80H92Cl2N12O24S. The fraction of sp³-hybridized carbons (Fsp3) is 0.438. The Balaban J connectivity index is 0.963. The number of carbonyl (C=O) groups is 9. The number of anilines is 1. The summed E-state index contributed by atoms with van der Waals surface area (Å²) in [6.45, 7) is 3.32. The summed E-state index contributed by atoms with van der Waals surface area (Å²) in [5, 5.41) is 120. The zero-order valence-corrected chi connectivity index (χ0v) is 66.8. The Morgan fingerprint density at radius 2 is 1.26 bits per heavy atom. The van der Waals surface area contributed by atoms with Crippen molar-refractivity contribution in [1.29, 1.82) is 0 Å². The predicted molar refractivity (Wildman–Crippen MR) is 424 cm³/mol. The lowest BCUT2D eigenvalue weighted by atomic mass is 9.54. The molecular weight excluding hydrogens is 1620 g/mol. The summed E-state index contributed by atoms with van der Waals surface area (Å²) in [6.07, 6.45) is -9.14. The van der Waals surface area contributed by atoms with E-state index in [4.69, 9.17) is 52.6 Å². The number of urea groups is 1. The third kappa shape index (κ3) is 19.5. The fourth-order valence-electron chi connectivity index (χ4n) is 16.7. The van der Waals surface area contributed by atoms with Gasteiger partial charge in [0.05, 0.1) is 35.4 Å². The summed E-state index contributed by atoms with van der Waals surface area (Å²) in [5.41, 5.74) is 3.81. The van der Waals surface area contributed by atoms with E-state index in [-0.39, 0.29) is 105 Å². The van der Waals surface area contributed by atoms with Gasteiger partial charge < -0.3 is 118 Å². The summed E-state index contributed by atoms with van der Waals surface area (Å²) in [7, 11) is -1.99. The molecule has 4 aliphatic carbocycles. The number of hydrogen-bond donors (Lipinski definition) is 20. The van der Waals surface area contributed by atoms with E-state index in [0.717, 1.165) is 93.0 Å². The number of phenols is 3. The molecule has 15 bridgehead atoms. The predicted octanol–water partition coefficient (Wildman–Crippen LogP) is 2.87. The number of fused-ring (bicyclic) bond motifs is 15. The maximum Gasteiger partial charge on any atom is 0.325 e. The van der Waals surface area contributed by atoms with Crippen LogP contribution in [0.5, 0.6) is 51.7 Å². The van der Waals surface area contributed by atoms with Gasteiger partial charge in [-0.05, 0) is 188 Å². The summed E-state index contributed by atoms with van der Waals surface area (Å²) in [4.78, 5) is 137. The molecule has 39 heteroatoms. The highest BCUT2D eigenvalue weighted by atomic mass is 35.5. The second kappa shape index (κ2) is 36.1. The minimum absolute atomic E-state index is 0.0594. The Bertz CT molecular complexity index is 5020. The molecule has 0 spiro atoms. The van der Waals surface area contributed by atoms with Crippen LogP contribution in [-0.2, 0) is 53.1 Å². The Kier molecular flexibility index (Phi) is 26.1. The lowest BCUT2D eigenvalue weighted by Gasteiger charge is -2.54. The second-order valence-corrected chi connectivity index (χ2v) is 33.9. The SMILES string of the molecule is CN[C@H](CC(C)C)C(=O)NC1C(=O)NC(CC(=O)NC(=O)Nc2ccc(OCCCNS(C)(=O)=O)cc2)C(=O)NC2C(=O)N[C@H]3C(=O)N[C@H](C(=O)N[C@@H](C(=O)NC4C5CC6CC(C5)CC4C6)c4cc(O)cc(O)c4-c4cc3ccc4O)[C@H](O)c3ccc(c(Cl)c3)Oc3cc2cc(c3O[C@H]2O[C@H](CN)[C@@H](O)[C@H](O)[C@H]2O)Oc2ccc(cc2Cl)[C@H]1O. The number of halogens is 2. The number of ether oxygens (including phenoxy) is 5. The molecule has 5 fully saturated rings. The number of aliphatic hydroxyl groups is 5. The van der Waals surface area contributed by atoms with Crippen molar-refractivity contribution in [3.8, 4) is 62.9 Å². The van der Waals surface area contributed by atoms with Gasteiger partial charge in [-0.2, -0.15) is 0 Å². The molecule has 14 atom stereocenters. The molecule has 6 heterocycles. The Labute approximate surface area is 691 Å². The number of imide groups is 1. The topological polar surface area (TPSA) is 554 Å². The molecule has 1 saturated heterocycles. The van der Waals surface area contributed by atoms with E-state index < -0.39 is 207 Å². The number of phenolic OH excluding ortho intramolecular Hbond substituents is 3. The van der Waals surface area contributed by atoms with Gasteiger partial charge in [-0.1, -0.05) is 55.2 Å². The maximum absolute atomic E-state index is 16.4. The third-order valence-electron chi connectivity index (χ3n) is 22.3. The average molecular weight is 1710 g/mol. The number of benzene rings is 6. The van der Waals surface area contributed by atoms with Gasteiger partial charge in [0.2, 0.25) is 69.3 Å². The largest absolute Gasteiger partial charge is 0.508 e. The standard InChI is InChI=1S/C80H92Cl2N12O24S/c1-33(2)18-49(84-3)72(104)93-64-66(99)37-7-14-53(47(81)25-37)115-55-27-41-28-56(71(55)118-79-70(103)69(102)68(101)57(32-83)117-79)116-54-15-8-38(26-48(54)82)67(100)65-78(110)92-63(76(108)89-60-39-20-34-19-35(22-39)23-40(60)21-34)46-29-43(95)30-52(97)59(46)45-24-36(6-13-51(45)96)61(74(106)94-65)91-75(107)62(41)90-73(105)50(87-77(64)109)31-58(98)88-80(111)86-42-9-11-44(12-10-42)114-17-5-16-85-119(4,112)113/h6-15,24-30,33-35,39-40,49-50,57,60-70,79,84-85,95-97,99-103H,5,16-23,31-32,83H2,1-4H3,(H,87,109)(H,89,108)(H,90,105)(H,91,107)(H,92,110)(H,93,104)(H,94,106)(H2,86,88,98,111)/t34?,35?,39?,40?,49-,50?,57-,60?,61-,62?,63-,64?,65+,66-,67-,68-,69+,70-,79-/m1/s1. The molecule has 3 unspecified atom stereocenters. The van der Waals surface area contributed by atoms with Crippen LogP contribution >= 0.6 is 23.2 Å². The lowest BCUT2D eigenvalue weighted by Crippen LogP contribution is -2.60. The number of amides is 10. The van der Waals surface area contributed by atoms with Crippen LogP contribution in [0.25, 0.3) is 11.1 Å². The molecule has 36 nitrogen and oxygen atoms in total. The number of hydrogen-bond acceptors (Lipinski definition) is 26. The third-order valence-corrected chi connectivity index (χ3v) is 23.6. The summed E-state index contributed by atoms with van der Waals surface area (Å²) in [6, 6.07) is 4.19. The minimum atomic E-state index is -3.46. The van der Waals surface area contributed by atoms with Crippen molar-refractivity contribution in [2.24, 2.45) is 35.3 Å². The summed E-state index contributed by atoms with van der Waals surface area (Å²) < 4.78 is 56.7. The van der Waals surface area contributed by atoms with Crippen LogP contribution in [0.4, 0.5) is 10.5 Å². The highest BCUT2D eigenvalue weighted by molar-refractivity contribution is 7.88. The molecule has 636 valence electrons. The van der Waals surface area contributed by atoms with E-state index in [2.05, 4.69) is 57.9 Å². The first-order chi connectivity index (χ1) is 56.6. The summed E-state index contributed by atoms with van der Waals surface area (Å²) >= 11 is 14.3. The first kappa shape index (κ1) is 86.2. The van der Waals surface area contributed by atoms with E-state index in [0.29, 0.717) is 17.6 Å². The molecule has 4 saturated carbocycles. The highest BCUT2D eigenvalue weighted by Gasteiger charge is 2.51. The van der Waals surface area contributed by atoms with Crippen molar-refractivity contribution in [2.75, 3.05) is 38.3 Å². The van der Waals surface area contributed by atoms with Gasteiger partial charge in [-0.15, -0.1) is 0 Å². The molecule has 10 amide bonds. The van der Waals surface area contributed by atoms with Gasteiger partial charge in [0, 0.05) is 42.0 Å². The van der Waals surface area contributed by atoms with Crippen LogP contribution in [0.3, 0.4) is 0 Å². The van der Waals surface area contributed by atoms with Gasteiger partial charge in [-0.3, -0.25) is 43.7 Å². The lowest BCUT2D eigenvalue weighted by molar-refractivity contribution is -0.270. The van der Waals surface area contributed by atoms with Crippen molar-refractivity contribution < 1.29 is 116 Å². The molecule has 10 aliphatic rings. The molecule has 0 aromatic heterocycles. The number of nitrogens with one attached hydrogen (secondary N) is 11. The number of rotatable bonds is 19. The van der Waals surface area contributed by atoms with Crippen molar-refractivity contribution in [3.63, 3.8) is 0 Å². The van der Waals surface area contributed by atoms with Crippen LogP contribution in [0.2, 0.25) is 10.0 Å². The number of likely N-dealkylation sites (N-methyl/N-ethyl adjacent to an activating group) is 1. The van der Waals surface area contributed by atoms with Gasteiger partial charge >= 0.3 is 6.03 Å². The highest BCUT2D eigenvalue weighted by Crippen LogP contribution is 2.55. The van der Waals surface area contributed by atoms with Crippen LogP contribution in [0.15, 0.2) is 103 Å². The smallest absolute Gasteiger partial charge is 0.325 e. The first-order valence-corrected chi connectivity index (χ1v) is 41.3. The van der Waals surface area contributed by atoms with Crippen molar-refractivity contribution in [1.82, 2.24) is 52.6 Å². The average Bonchev–Trinajstić information content (AvgIpc) is 0.761. The van der Waals surface area contributed by atoms with E-state index in [1.54, 1.807) is 0 Å². The molecule has 6 aromatic rings. The van der Waals surface area contributed by atoms with Crippen molar-refractivity contribution in [2.45, 2.75) is 156 Å². The van der Waals surface area contributed by atoms with Gasteiger partial charge in [0.15, 0.2) is 11.5 Å².